The summed E-state index contributed by atoms with van der Waals surface area (Å²) < 4.78 is 11.0. The second-order valence-electron chi connectivity index (χ2n) is 3.01. The van der Waals surface area contributed by atoms with Crippen LogP contribution in [0.5, 0.6) is 0 Å². The number of hydrogen-bond donors (Lipinski definition) is 0. The minimum Gasteiger partial charge on any atom is -0.379 e. The smallest absolute Gasteiger partial charge is 0.106 e. The van der Waals surface area contributed by atoms with Gasteiger partial charge in [-0.25, -0.2) is 0 Å². The topological polar surface area (TPSA) is 18.5 Å². The third-order valence-corrected chi connectivity index (χ3v) is 2.01. The molecule has 14 heavy (non-hydrogen) atoms. The Morgan fingerprint density at radius 2 is 1.79 bits per heavy atom. The van der Waals surface area contributed by atoms with Crippen LogP contribution in [0.25, 0.3) is 0 Å². The Kier molecular flexibility index (Phi) is 5.27. The van der Waals surface area contributed by atoms with Crippen LogP contribution >= 0.6 is 0 Å². The maximum Gasteiger partial charge on any atom is 0.106 e. The van der Waals surface area contributed by atoms with Crippen LogP contribution in [0, 0.1) is 0 Å². The Labute approximate surface area is 85.8 Å². The summed E-state index contributed by atoms with van der Waals surface area (Å²) in [5.74, 6) is 0. The fraction of sp³-hybridized carbons (Fsp3) is 0.500. The van der Waals surface area contributed by atoms with Crippen LogP contribution in [0.1, 0.15) is 25.5 Å². The molecule has 0 aliphatic carbocycles. The second kappa shape index (κ2) is 6.57. The van der Waals surface area contributed by atoms with Crippen LogP contribution in [0.4, 0.5) is 0 Å². The largest absolute Gasteiger partial charge is 0.379 e. The molecule has 0 fully saturated rings. The van der Waals surface area contributed by atoms with Gasteiger partial charge in [0.05, 0.1) is 6.61 Å². The first-order valence-electron chi connectivity index (χ1n) is 5.12. The highest BCUT2D eigenvalue weighted by atomic mass is 16.5. The highest BCUT2D eigenvalue weighted by Crippen LogP contribution is 2.17. The van der Waals surface area contributed by atoms with Gasteiger partial charge in [-0.15, -0.1) is 0 Å². The second-order valence-corrected chi connectivity index (χ2v) is 3.01. The molecule has 0 heterocycles. The lowest BCUT2D eigenvalue weighted by Crippen LogP contribution is -2.11. The number of ether oxygens (including phenoxy) is 2. The fourth-order valence-electron chi connectivity index (χ4n) is 1.33. The zero-order chi connectivity index (χ0) is 10.2. The van der Waals surface area contributed by atoms with Crippen molar-refractivity contribution in [3.05, 3.63) is 35.9 Å². The molecule has 0 saturated heterocycles. The molecule has 0 bridgehead atoms. The van der Waals surface area contributed by atoms with Crippen molar-refractivity contribution in [2.75, 3.05) is 19.8 Å². The van der Waals surface area contributed by atoms with Crippen molar-refractivity contribution in [2.45, 2.75) is 20.0 Å². The quantitative estimate of drug-likeness (QED) is 0.693. The Balaban J connectivity index is 2.58. The van der Waals surface area contributed by atoms with Gasteiger partial charge in [0.15, 0.2) is 0 Å². The highest BCUT2D eigenvalue weighted by Gasteiger charge is 2.10. The van der Waals surface area contributed by atoms with Gasteiger partial charge in [-0.3, -0.25) is 0 Å². The van der Waals surface area contributed by atoms with Crippen molar-refractivity contribution in [1.29, 1.82) is 0 Å². The molecule has 0 saturated carbocycles. The van der Waals surface area contributed by atoms with Crippen LogP contribution in [0.3, 0.4) is 0 Å². The zero-order valence-corrected chi connectivity index (χ0v) is 8.90. The van der Waals surface area contributed by atoms with Crippen LogP contribution in [0.15, 0.2) is 30.3 Å². The molecule has 0 aliphatic rings. The van der Waals surface area contributed by atoms with E-state index in [0.29, 0.717) is 13.2 Å². The molecule has 1 atom stereocenters. The third-order valence-electron chi connectivity index (χ3n) is 2.01. The van der Waals surface area contributed by atoms with Crippen molar-refractivity contribution in [3.8, 4) is 0 Å². The van der Waals surface area contributed by atoms with Gasteiger partial charge in [0.1, 0.15) is 6.10 Å². The average molecular weight is 194 g/mol. The normalized spacial score (nSPS) is 12.7. The standard InChI is InChI=1S/C12H18O2/c1-3-13-10-12(14-4-2)11-8-6-5-7-9-11/h5-9,12H,3-4,10H2,1-2H3. The molecule has 0 aliphatic heterocycles. The van der Waals surface area contributed by atoms with Gasteiger partial charge in [-0.2, -0.15) is 0 Å². The van der Waals surface area contributed by atoms with Gasteiger partial charge in [-0.05, 0) is 19.4 Å². The van der Waals surface area contributed by atoms with E-state index in [2.05, 4.69) is 12.1 Å². The molecule has 1 aromatic carbocycles. The van der Waals surface area contributed by atoms with E-state index in [1.54, 1.807) is 0 Å². The number of rotatable bonds is 6. The Morgan fingerprint density at radius 3 is 2.36 bits per heavy atom. The molecule has 2 nitrogen and oxygen atoms in total. The van der Waals surface area contributed by atoms with Gasteiger partial charge < -0.3 is 9.47 Å². The predicted molar refractivity (Wildman–Crippen MR) is 57.3 cm³/mol. The van der Waals surface area contributed by atoms with Gasteiger partial charge in [0.25, 0.3) is 0 Å². The first kappa shape index (κ1) is 11.2. The van der Waals surface area contributed by atoms with E-state index in [1.807, 2.05) is 32.0 Å². The molecule has 1 rings (SSSR count). The highest BCUT2D eigenvalue weighted by molar-refractivity contribution is 5.17. The monoisotopic (exact) mass is 194 g/mol. The molecule has 78 valence electrons. The minimum atomic E-state index is 0.0705. The summed E-state index contributed by atoms with van der Waals surface area (Å²) in [5.41, 5.74) is 1.18. The lowest BCUT2D eigenvalue weighted by molar-refractivity contribution is -0.00974. The molecular formula is C12H18O2. The average Bonchev–Trinajstić information content (AvgIpc) is 2.25. The van der Waals surface area contributed by atoms with Crippen molar-refractivity contribution < 1.29 is 9.47 Å². The van der Waals surface area contributed by atoms with Crippen molar-refractivity contribution in [2.24, 2.45) is 0 Å². The van der Waals surface area contributed by atoms with Gasteiger partial charge in [0, 0.05) is 13.2 Å². The van der Waals surface area contributed by atoms with Crippen molar-refractivity contribution in [1.82, 2.24) is 0 Å². The molecule has 1 unspecified atom stereocenters. The Bertz CT molecular complexity index is 233. The van der Waals surface area contributed by atoms with Crippen LogP contribution in [-0.4, -0.2) is 19.8 Å². The Morgan fingerprint density at radius 1 is 1.07 bits per heavy atom. The summed E-state index contributed by atoms with van der Waals surface area (Å²) in [6.07, 6.45) is 0.0705. The number of benzene rings is 1. The minimum absolute atomic E-state index is 0.0705. The molecule has 0 radical (unpaired) electrons. The predicted octanol–water partition coefficient (Wildman–Crippen LogP) is 2.80. The van der Waals surface area contributed by atoms with E-state index < -0.39 is 0 Å². The van der Waals surface area contributed by atoms with E-state index in [-0.39, 0.29) is 6.10 Å². The molecular weight excluding hydrogens is 176 g/mol. The van der Waals surface area contributed by atoms with Gasteiger partial charge in [0.2, 0.25) is 0 Å². The van der Waals surface area contributed by atoms with Crippen LogP contribution in [-0.2, 0) is 9.47 Å². The first-order chi connectivity index (χ1) is 6.88. The zero-order valence-electron chi connectivity index (χ0n) is 8.90. The fourth-order valence-corrected chi connectivity index (χ4v) is 1.33. The summed E-state index contributed by atoms with van der Waals surface area (Å²) in [4.78, 5) is 0. The van der Waals surface area contributed by atoms with Crippen molar-refractivity contribution >= 4 is 0 Å². The maximum atomic E-state index is 5.61. The van der Waals surface area contributed by atoms with E-state index in [0.717, 1.165) is 6.61 Å². The van der Waals surface area contributed by atoms with E-state index in [4.69, 9.17) is 9.47 Å². The summed E-state index contributed by atoms with van der Waals surface area (Å²) in [5, 5.41) is 0. The summed E-state index contributed by atoms with van der Waals surface area (Å²) in [6, 6.07) is 10.2. The number of hydrogen-bond acceptors (Lipinski definition) is 2. The third kappa shape index (κ3) is 3.48. The molecule has 0 amide bonds. The lowest BCUT2D eigenvalue weighted by Gasteiger charge is -2.16. The van der Waals surface area contributed by atoms with Crippen molar-refractivity contribution in [3.63, 3.8) is 0 Å². The van der Waals surface area contributed by atoms with Crippen LogP contribution in [0.2, 0.25) is 0 Å². The molecule has 2 heteroatoms. The summed E-state index contributed by atoms with van der Waals surface area (Å²) in [6.45, 7) is 6.08. The van der Waals surface area contributed by atoms with Gasteiger partial charge >= 0.3 is 0 Å². The molecule has 0 aromatic heterocycles. The van der Waals surface area contributed by atoms with Crippen LogP contribution < -0.4 is 0 Å². The molecule has 0 N–H and O–H groups in total. The van der Waals surface area contributed by atoms with E-state index >= 15 is 0 Å². The SMILES string of the molecule is CCOCC(OCC)c1ccccc1. The first-order valence-corrected chi connectivity index (χ1v) is 5.12. The molecule has 1 aromatic rings. The molecule has 0 spiro atoms. The van der Waals surface area contributed by atoms with E-state index in [1.165, 1.54) is 5.56 Å². The maximum absolute atomic E-state index is 5.61. The lowest BCUT2D eigenvalue weighted by atomic mass is 10.1. The van der Waals surface area contributed by atoms with E-state index in [9.17, 15) is 0 Å². The van der Waals surface area contributed by atoms with Gasteiger partial charge in [-0.1, -0.05) is 30.3 Å². The summed E-state index contributed by atoms with van der Waals surface area (Å²) in [7, 11) is 0. The Hall–Kier alpha value is -0.860. The summed E-state index contributed by atoms with van der Waals surface area (Å²) >= 11 is 0.